The summed E-state index contributed by atoms with van der Waals surface area (Å²) in [6.07, 6.45) is 1.98. The van der Waals surface area contributed by atoms with Gasteiger partial charge in [0.25, 0.3) is 5.89 Å². The first-order valence-electron chi connectivity index (χ1n) is 4.15. The predicted octanol–water partition coefficient (Wildman–Crippen LogP) is 2.53. The van der Waals surface area contributed by atoms with Crippen molar-refractivity contribution in [1.29, 1.82) is 5.26 Å². The Morgan fingerprint density at radius 3 is 3.13 bits per heavy atom. The van der Waals surface area contributed by atoms with E-state index in [1.807, 2.05) is 12.3 Å². The zero-order valence-electron chi connectivity index (χ0n) is 7.93. The van der Waals surface area contributed by atoms with Gasteiger partial charge in [0.1, 0.15) is 10.9 Å². The highest BCUT2D eigenvalue weighted by molar-refractivity contribution is 7.97. The fourth-order valence-corrected chi connectivity index (χ4v) is 2.16. The molecule has 2 aromatic rings. The van der Waals surface area contributed by atoms with Crippen molar-refractivity contribution in [3.63, 3.8) is 0 Å². The normalized spacial score (nSPS) is 10.1. The number of hydrogen-bond donors (Lipinski definition) is 0. The van der Waals surface area contributed by atoms with E-state index in [0.29, 0.717) is 16.6 Å². The minimum atomic E-state index is 0.491. The lowest BCUT2D eigenvalue weighted by atomic mass is 10.4. The summed E-state index contributed by atoms with van der Waals surface area (Å²) in [5.74, 6) is 1.91. The molecule has 0 radical (unpaired) electrons. The zero-order chi connectivity index (χ0) is 10.7. The summed E-state index contributed by atoms with van der Waals surface area (Å²) in [6.45, 7) is 0. The number of nitrogens with zero attached hydrogens (tertiary/aromatic N) is 3. The fourth-order valence-electron chi connectivity index (χ4n) is 1.05. The van der Waals surface area contributed by atoms with Crippen molar-refractivity contribution in [1.82, 2.24) is 10.1 Å². The average molecular weight is 237 g/mol. The lowest BCUT2D eigenvalue weighted by Gasteiger charge is -1.84. The number of nitriles is 1. The second kappa shape index (κ2) is 4.47. The highest BCUT2D eigenvalue weighted by atomic mass is 32.2. The van der Waals surface area contributed by atoms with Crippen LogP contribution in [0.1, 0.15) is 10.7 Å². The Morgan fingerprint density at radius 2 is 2.47 bits per heavy atom. The van der Waals surface area contributed by atoms with E-state index >= 15 is 0 Å². The van der Waals surface area contributed by atoms with Crippen LogP contribution in [-0.4, -0.2) is 16.4 Å². The summed E-state index contributed by atoms with van der Waals surface area (Å²) < 4.78 is 5.09. The maximum Gasteiger partial charge on any atom is 0.268 e. The third kappa shape index (κ3) is 2.19. The summed E-state index contributed by atoms with van der Waals surface area (Å²) in [6, 6.07) is 5.64. The molecule has 2 rings (SSSR count). The number of thiophene rings is 1. The number of hydrogen-bond acceptors (Lipinski definition) is 6. The molecule has 0 amide bonds. The molecular formula is C9H7N3OS2. The molecule has 15 heavy (non-hydrogen) atoms. The largest absolute Gasteiger partial charge is 0.333 e. The van der Waals surface area contributed by atoms with Gasteiger partial charge in [0.15, 0.2) is 5.82 Å². The van der Waals surface area contributed by atoms with Crippen molar-refractivity contribution < 1.29 is 4.52 Å². The van der Waals surface area contributed by atoms with Gasteiger partial charge in [-0.2, -0.15) is 22.0 Å². The van der Waals surface area contributed by atoms with E-state index in [9.17, 15) is 0 Å². The molecule has 0 spiro atoms. The van der Waals surface area contributed by atoms with Gasteiger partial charge >= 0.3 is 0 Å². The van der Waals surface area contributed by atoms with Crippen LogP contribution in [0.25, 0.3) is 10.8 Å². The Balaban J connectivity index is 2.25. The van der Waals surface area contributed by atoms with Crippen LogP contribution in [0, 0.1) is 11.3 Å². The first kappa shape index (κ1) is 10.2. The SMILES string of the molecule is CSCc1noc(-c2ccc(C#N)s2)n1. The molecule has 0 saturated heterocycles. The smallest absolute Gasteiger partial charge is 0.268 e. The molecule has 0 aliphatic heterocycles. The van der Waals surface area contributed by atoms with E-state index in [0.717, 1.165) is 10.6 Å². The van der Waals surface area contributed by atoms with Gasteiger partial charge in [0, 0.05) is 0 Å². The minimum absolute atomic E-state index is 0.491. The molecule has 0 aromatic carbocycles. The van der Waals surface area contributed by atoms with Crippen molar-refractivity contribution in [3.05, 3.63) is 22.8 Å². The van der Waals surface area contributed by atoms with Crippen LogP contribution >= 0.6 is 23.1 Å². The van der Waals surface area contributed by atoms with Crippen molar-refractivity contribution >= 4 is 23.1 Å². The molecule has 2 aromatic heterocycles. The van der Waals surface area contributed by atoms with E-state index in [2.05, 4.69) is 16.2 Å². The van der Waals surface area contributed by atoms with Gasteiger partial charge in [-0.1, -0.05) is 5.16 Å². The molecule has 0 unspecified atom stereocenters. The van der Waals surface area contributed by atoms with Gasteiger partial charge in [-0.05, 0) is 18.4 Å². The Labute approximate surface area is 94.9 Å². The second-order valence-electron chi connectivity index (χ2n) is 2.72. The van der Waals surface area contributed by atoms with Gasteiger partial charge < -0.3 is 4.52 Å². The van der Waals surface area contributed by atoms with Crippen LogP contribution in [0.3, 0.4) is 0 Å². The molecule has 2 heterocycles. The molecular weight excluding hydrogens is 230 g/mol. The van der Waals surface area contributed by atoms with E-state index in [-0.39, 0.29) is 0 Å². The summed E-state index contributed by atoms with van der Waals surface area (Å²) in [5, 5.41) is 12.5. The van der Waals surface area contributed by atoms with E-state index < -0.39 is 0 Å². The number of aromatic nitrogens is 2. The lowest BCUT2D eigenvalue weighted by molar-refractivity contribution is 0.426. The van der Waals surface area contributed by atoms with Crippen molar-refractivity contribution in [2.75, 3.05) is 6.26 Å². The first-order valence-corrected chi connectivity index (χ1v) is 6.36. The number of rotatable bonds is 3. The van der Waals surface area contributed by atoms with Crippen LogP contribution in [0.4, 0.5) is 0 Å². The van der Waals surface area contributed by atoms with Crippen LogP contribution in [0.5, 0.6) is 0 Å². The standard InChI is InChI=1S/C9H7N3OS2/c1-14-5-8-11-9(13-12-8)7-3-2-6(4-10)15-7/h2-3H,5H2,1H3. The van der Waals surface area contributed by atoms with Gasteiger partial charge in [0.05, 0.1) is 10.6 Å². The molecule has 0 bridgehead atoms. The lowest BCUT2D eigenvalue weighted by Crippen LogP contribution is -1.81. The third-order valence-corrected chi connectivity index (χ3v) is 3.19. The monoisotopic (exact) mass is 237 g/mol. The summed E-state index contributed by atoms with van der Waals surface area (Å²) in [4.78, 5) is 5.71. The Hall–Kier alpha value is -1.32. The van der Waals surface area contributed by atoms with Crippen molar-refractivity contribution in [2.24, 2.45) is 0 Å². The highest BCUT2D eigenvalue weighted by Gasteiger charge is 2.10. The first-order chi connectivity index (χ1) is 7.33. The summed E-state index contributed by atoms with van der Waals surface area (Å²) >= 11 is 2.99. The molecule has 0 saturated carbocycles. The quantitative estimate of drug-likeness (QED) is 0.820. The van der Waals surface area contributed by atoms with Crippen LogP contribution in [0.2, 0.25) is 0 Å². The Bertz CT molecular complexity index is 497. The molecule has 0 aliphatic carbocycles. The predicted molar refractivity (Wildman–Crippen MR) is 59.5 cm³/mol. The zero-order valence-corrected chi connectivity index (χ0v) is 9.56. The van der Waals surface area contributed by atoms with Crippen LogP contribution in [-0.2, 0) is 5.75 Å². The van der Waals surface area contributed by atoms with E-state index in [1.165, 1.54) is 11.3 Å². The maximum absolute atomic E-state index is 8.68. The maximum atomic E-state index is 8.68. The highest BCUT2D eigenvalue weighted by Crippen LogP contribution is 2.26. The topological polar surface area (TPSA) is 62.7 Å². The van der Waals surface area contributed by atoms with E-state index in [4.69, 9.17) is 9.78 Å². The molecule has 0 N–H and O–H groups in total. The molecule has 6 heteroatoms. The number of thioether (sulfide) groups is 1. The summed E-state index contributed by atoms with van der Waals surface area (Å²) in [7, 11) is 0. The van der Waals surface area contributed by atoms with Crippen LogP contribution in [0.15, 0.2) is 16.7 Å². The van der Waals surface area contributed by atoms with Crippen molar-refractivity contribution in [2.45, 2.75) is 5.75 Å². The van der Waals surface area contributed by atoms with Crippen LogP contribution < -0.4 is 0 Å². The van der Waals surface area contributed by atoms with E-state index in [1.54, 1.807) is 17.8 Å². The molecule has 4 nitrogen and oxygen atoms in total. The molecule has 0 atom stereocenters. The Morgan fingerprint density at radius 1 is 1.60 bits per heavy atom. The molecule has 0 fully saturated rings. The van der Waals surface area contributed by atoms with Gasteiger partial charge in [-0.3, -0.25) is 0 Å². The minimum Gasteiger partial charge on any atom is -0.333 e. The molecule has 0 aliphatic rings. The van der Waals surface area contributed by atoms with Gasteiger partial charge in [0.2, 0.25) is 0 Å². The van der Waals surface area contributed by atoms with Crippen molar-refractivity contribution in [3.8, 4) is 16.8 Å². The molecule has 76 valence electrons. The third-order valence-electron chi connectivity index (χ3n) is 1.67. The second-order valence-corrected chi connectivity index (χ2v) is 4.67. The summed E-state index contributed by atoms with van der Waals surface area (Å²) in [5.41, 5.74) is 0. The Kier molecular flexibility index (Phi) is 3.04. The van der Waals surface area contributed by atoms with Gasteiger partial charge in [-0.15, -0.1) is 11.3 Å². The fraction of sp³-hybridized carbons (Fsp3) is 0.222. The van der Waals surface area contributed by atoms with Gasteiger partial charge in [-0.25, -0.2) is 0 Å². The average Bonchev–Trinajstić information content (AvgIpc) is 2.85.